The van der Waals surface area contributed by atoms with Gasteiger partial charge in [-0.2, -0.15) is 0 Å². The Balaban J connectivity index is 1.80. The summed E-state index contributed by atoms with van der Waals surface area (Å²) in [5, 5.41) is 11.9. The summed E-state index contributed by atoms with van der Waals surface area (Å²) >= 11 is 0. The van der Waals surface area contributed by atoms with E-state index < -0.39 is 11.9 Å². The third kappa shape index (κ3) is 3.56. The van der Waals surface area contributed by atoms with E-state index in [1.54, 1.807) is 0 Å². The lowest BCUT2D eigenvalue weighted by molar-refractivity contribution is -0.146. The number of carboxylic acids is 1. The highest BCUT2D eigenvalue weighted by Crippen LogP contribution is 2.31. The van der Waals surface area contributed by atoms with Crippen molar-refractivity contribution in [2.45, 2.75) is 25.7 Å². The second kappa shape index (κ2) is 6.36. The molecule has 4 heteroatoms. The first-order chi connectivity index (χ1) is 9.18. The van der Waals surface area contributed by atoms with Crippen molar-refractivity contribution in [1.82, 2.24) is 5.32 Å². The monoisotopic (exact) mass is 261 g/mol. The molecule has 0 aromatic heterocycles. The third-order valence-electron chi connectivity index (χ3n) is 3.73. The Hall–Kier alpha value is -1.84. The molecule has 1 aliphatic carbocycles. The Kier molecular flexibility index (Phi) is 4.55. The van der Waals surface area contributed by atoms with E-state index in [1.807, 2.05) is 30.3 Å². The van der Waals surface area contributed by atoms with Crippen LogP contribution in [-0.2, 0) is 16.0 Å². The van der Waals surface area contributed by atoms with E-state index in [9.17, 15) is 9.59 Å². The Morgan fingerprint density at radius 1 is 1.16 bits per heavy atom. The largest absolute Gasteiger partial charge is 0.481 e. The van der Waals surface area contributed by atoms with Gasteiger partial charge in [0.1, 0.15) is 0 Å². The maximum Gasteiger partial charge on any atom is 0.307 e. The molecule has 0 spiro atoms. The molecule has 1 aromatic rings. The molecular formula is C15H19NO3. The number of benzene rings is 1. The quantitative estimate of drug-likeness (QED) is 0.850. The van der Waals surface area contributed by atoms with E-state index in [1.165, 1.54) is 5.56 Å². The Labute approximate surface area is 112 Å². The molecule has 102 valence electrons. The number of nitrogens with one attached hydrogen (secondary N) is 1. The molecule has 1 aliphatic rings. The summed E-state index contributed by atoms with van der Waals surface area (Å²) in [5.74, 6) is -1.81. The number of rotatable bonds is 5. The summed E-state index contributed by atoms with van der Waals surface area (Å²) in [6.07, 6.45) is 2.91. The number of hydrogen-bond acceptors (Lipinski definition) is 2. The van der Waals surface area contributed by atoms with Gasteiger partial charge in [0.25, 0.3) is 0 Å². The molecule has 2 unspecified atom stereocenters. The molecule has 1 saturated carbocycles. The summed E-state index contributed by atoms with van der Waals surface area (Å²) in [7, 11) is 0. The maximum atomic E-state index is 12.0. The standard InChI is InChI=1S/C15H19NO3/c17-14(12-7-4-8-13(12)15(18)19)16-10-9-11-5-2-1-3-6-11/h1-3,5-6,12-13H,4,7-10H2,(H,16,17)(H,18,19). The van der Waals surface area contributed by atoms with Crippen molar-refractivity contribution in [2.24, 2.45) is 11.8 Å². The smallest absolute Gasteiger partial charge is 0.307 e. The molecule has 4 nitrogen and oxygen atoms in total. The predicted molar refractivity (Wildman–Crippen MR) is 71.6 cm³/mol. The van der Waals surface area contributed by atoms with Gasteiger partial charge < -0.3 is 10.4 Å². The van der Waals surface area contributed by atoms with Gasteiger partial charge in [0.2, 0.25) is 5.91 Å². The van der Waals surface area contributed by atoms with Crippen LogP contribution in [0.2, 0.25) is 0 Å². The average molecular weight is 261 g/mol. The highest BCUT2D eigenvalue weighted by atomic mass is 16.4. The van der Waals surface area contributed by atoms with Crippen LogP contribution >= 0.6 is 0 Å². The summed E-state index contributed by atoms with van der Waals surface area (Å²) in [6, 6.07) is 9.92. The number of hydrogen-bond donors (Lipinski definition) is 2. The zero-order chi connectivity index (χ0) is 13.7. The van der Waals surface area contributed by atoms with Crippen LogP contribution in [0.3, 0.4) is 0 Å². The van der Waals surface area contributed by atoms with Crippen molar-refractivity contribution in [2.75, 3.05) is 6.54 Å². The fourth-order valence-corrected chi connectivity index (χ4v) is 2.68. The molecule has 2 atom stereocenters. The highest BCUT2D eigenvalue weighted by Gasteiger charge is 2.37. The van der Waals surface area contributed by atoms with Crippen LogP contribution in [0.4, 0.5) is 0 Å². The van der Waals surface area contributed by atoms with Crippen molar-refractivity contribution in [3.05, 3.63) is 35.9 Å². The molecular weight excluding hydrogens is 242 g/mol. The van der Waals surface area contributed by atoms with Crippen LogP contribution < -0.4 is 5.32 Å². The topological polar surface area (TPSA) is 66.4 Å². The van der Waals surface area contributed by atoms with Crippen LogP contribution in [-0.4, -0.2) is 23.5 Å². The predicted octanol–water partition coefficient (Wildman–Crippen LogP) is 1.85. The van der Waals surface area contributed by atoms with Gasteiger partial charge in [0, 0.05) is 6.54 Å². The van der Waals surface area contributed by atoms with Crippen molar-refractivity contribution in [1.29, 1.82) is 0 Å². The second-order valence-electron chi connectivity index (χ2n) is 5.01. The summed E-state index contributed by atoms with van der Waals surface area (Å²) in [6.45, 7) is 0.561. The first-order valence-corrected chi connectivity index (χ1v) is 6.73. The lowest BCUT2D eigenvalue weighted by Crippen LogP contribution is -2.36. The number of carbonyl (C=O) groups is 2. The van der Waals surface area contributed by atoms with E-state index in [0.29, 0.717) is 19.4 Å². The molecule has 0 bridgehead atoms. The van der Waals surface area contributed by atoms with Crippen molar-refractivity contribution in [3.8, 4) is 0 Å². The number of aliphatic carboxylic acids is 1. The number of carboxylic acid groups (broad SMARTS) is 1. The minimum atomic E-state index is -0.847. The fourth-order valence-electron chi connectivity index (χ4n) is 2.68. The molecule has 0 radical (unpaired) electrons. The van der Waals surface area contributed by atoms with Crippen LogP contribution in [0.25, 0.3) is 0 Å². The average Bonchev–Trinajstić information content (AvgIpc) is 2.89. The minimum absolute atomic E-state index is 0.110. The Morgan fingerprint density at radius 2 is 1.84 bits per heavy atom. The van der Waals surface area contributed by atoms with Gasteiger partial charge in [-0.3, -0.25) is 9.59 Å². The van der Waals surface area contributed by atoms with Gasteiger partial charge in [0.15, 0.2) is 0 Å². The molecule has 19 heavy (non-hydrogen) atoms. The van der Waals surface area contributed by atoms with E-state index in [4.69, 9.17) is 5.11 Å². The van der Waals surface area contributed by atoms with Crippen LogP contribution in [0.5, 0.6) is 0 Å². The first-order valence-electron chi connectivity index (χ1n) is 6.73. The van der Waals surface area contributed by atoms with Gasteiger partial charge in [-0.1, -0.05) is 36.8 Å². The summed E-state index contributed by atoms with van der Waals surface area (Å²) in [5.41, 5.74) is 1.17. The van der Waals surface area contributed by atoms with Crippen molar-refractivity contribution in [3.63, 3.8) is 0 Å². The van der Waals surface area contributed by atoms with E-state index in [-0.39, 0.29) is 11.8 Å². The van der Waals surface area contributed by atoms with Gasteiger partial charge in [0.05, 0.1) is 11.8 Å². The van der Waals surface area contributed by atoms with Crippen LogP contribution in [0, 0.1) is 11.8 Å². The lowest BCUT2D eigenvalue weighted by atomic mass is 9.95. The van der Waals surface area contributed by atoms with Crippen LogP contribution in [0.15, 0.2) is 30.3 Å². The van der Waals surface area contributed by atoms with E-state index >= 15 is 0 Å². The van der Waals surface area contributed by atoms with E-state index in [0.717, 1.165) is 12.8 Å². The lowest BCUT2D eigenvalue weighted by Gasteiger charge is -2.15. The van der Waals surface area contributed by atoms with Gasteiger partial charge >= 0.3 is 5.97 Å². The summed E-state index contributed by atoms with van der Waals surface area (Å²) < 4.78 is 0. The zero-order valence-electron chi connectivity index (χ0n) is 10.8. The second-order valence-corrected chi connectivity index (χ2v) is 5.01. The highest BCUT2D eigenvalue weighted by molar-refractivity contribution is 5.85. The minimum Gasteiger partial charge on any atom is -0.481 e. The molecule has 0 aliphatic heterocycles. The number of amides is 1. The molecule has 0 saturated heterocycles. The molecule has 1 amide bonds. The maximum absolute atomic E-state index is 12.0. The molecule has 1 fully saturated rings. The number of carbonyl (C=O) groups excluding carboxylic acids is 1. The first kappa shape index (κ1) is 13.6. The van der Waals surface area contributed by atoms with Gasteiger partial charge in [-0.15, -0.1) is 0 Å². The van der Waals surface area contributed by atoms with E-state index in [2.05, 4.69) is 5.32 Å². The van der Waals surface area contributed by atoms with Gasteiger partial charge in [-0.25, -0.2) is 0 Å². The fraction of sp³-hybridized carbons (Fsp3) is 0.467. The van der Waals surface area contributed by atoms with Crippen molar-refractivity contribution < 1.29 is 14.7 Å². The molecule has 1 aromatic carbocycles. The molecule has 2 rings (SSSR count). The van der Waals surface area contributed by atoms with Gasteiger partial charge in [-0.05, 0) is 24.8 Å². The summed E-state index contributed by atoms with van der Waals surface area (Å²) in [4.78, 5) is 23.0. The molecule has 0 heterocycles. The molecule has 2 N–H and O–H groups in total. The normalized spacial score (nSPS) is 22.1. The zero-order valence-corrected chi connectivity index (χ0v) is 10.8. The SMILES string of the molecule is O=C(O)C1CCCC1C(=O)NCCc1ccccc1. The van der Waals surface area contributed by atoms with Crippen molar-refractivity contribution >= 4 is 11.9 Å². The Bertz CT molecular complexity index is 444. The van der Waals surface area contributed by atoms with Crippen LogP contribution in [0.1, 0.15) is 24.8 Å². The third-order valence-corrected chi connectivity index (χ3v) is 3.73. The Morgan fingerprint density at radius 3 is 2.53 bits per heavy atom.